The van der Waals surface area contributed by atoms with Crippen LogP contribution in [0.3, 0.4) is 0 Å². The van der Waals surface area contributed by atoms with Crippen LogP contribution >= 0.6 is 0 Å². The quantitative estimate of drug-likeness (QED) is 0.539. The molecule has 126 valence electrons. The van der Waals surface area contributed by atoms with Crippen molar-refractivity contribution in [3.05, 3.63) is 72.9 Å². The van der Waals surface area contributed by atoms with Gasteiger partial charge in [0, 0.05) is 23.7 Å². The first kappa shape index (κ1) is 14.7. The van der Waals surface area contributed by atoms with Crippen molar-refractivity contribution in [3.8, 4) is 11.3 Å². The summed E-state index contributed by atoms with van der Waals surface area (Å²) in [4.78, 5) is 4.60. The molecule has 0 saturated carbocycles. The summed E-state index contributed by atoms with van der Waals surface area (Å²) in [6.07, 6.45) is 1.86. The number of aryl methyl sites for hydroxylation is 1. The molecule has 0 aliphatic rings. The molecule has 2 aromatic carbocycles. The van der Waals surface area contributed by atoms with E-state index in [1.807, 2.05) is 77.0 Å². The van der Waals surface area contributed by atoms with E-state index in [9.17, 15) is 0 Å². The predicted molar refractivity (Wildman–Crippen MR) is 102 cm³/mol. The van der Waals surface area contributed by atoms with E-state index in [2.05, 4.69) is 32.6 Å². The molecule has 0 aliphatic carbocycles. The largest absolute Gasteiger partial charge is 0.323 e. The maximum absolute atomic E-state index is 4.65. The van der Waals surface area contributed by atoms with E-state index in [1.165, 1.54) is 0 Å². The third-order valence-corrected chi connectivity index (χ3v) is 4.43. The van der Waals surface area contributed by atoms with Crippen molar-refractivity contribution in [1.29, 1.82) is 0 Å². The highest BCUT2D eigenvalue weighted by Crippen LogP contribution is 2.23. The summed E-state index contributed by atoms with van der Waals surface area (Å²) in [6.45, 7) is 0. The summed E-state index contributed by atoms with van der Waals surface area (Å²) in [7, 11) is 1.93. The summed E-state index contributed by atoms with van der Waals surface area (Å²) < 4.78 is 3.71. The Bertz CT molecular complexity index is 1220. The highest BCUT2D eigenvalue weighted by Gasteiger charge is 2.09. The van der Waals surface area contributed by atoms with Crippen molar-refractivity contribution >= 4 is 28.2 Å². The van der Waals surface area contributed by atoms with Gasteiger partial charge in [0.25, 0.3) is 0 Å². The average molecular weight is 340 g/mol. The number of hydrogen-bond donors (Lipinski definition) is 1. The number of nitrogens with zero attached hydrogens (tertiary/aromatic N) is 5. The Hall–Kier alpha value is -3.67. The zero-order chi connectivity index (χ0) is 17.5. The molecule has 0 radical (unpaired) electrons. The van der Waals surface area contributed by atoms with Crippen molar-refractivity contribution in [2.75, 3.05) is 5.32 Å². The third-order valence-electron chi connectivity index (χ3n) is 4.43. The van der Waals surface area contributed by atoms with E-state index < -0.39 is 0 Å². The van der Waals surface area contributed by atoms with Gasteiger partial charge < -0.3 is 5.32 Å². The number of rotatable bonds is 3. The minimum Gasteiger partial charge on any atom is -0.323 e. The van der Waals surface area contributed by atoms with Gasteiger partial charge in [0.05, 0.1) is 17.4 Å². The van der Waals surface area contributed by atoms with E-state index in [1.54, 1.807) is 0 Å². The van der Waals surface area contributed by atoms with Gasteiger partial charge in [-0.2, -0.15) is 10.1 Å². The molecule has 3 aromatic heterocycles. The van der Waals surface area contributed by atoms with Crippen molar-refractivity contribution in [2.24, 2.45) is 7.05 Å². The Morgan fingerprint density at radius 3 is 2.69 bits per heavy atom. The van der Waals surface area contributed by atoms with Crippen LogP contribution in [-0.2, 0) is 7.05 Å². The number of pyridine rings is 1. The highest BCUT2D eigenvalue weighted by atomic mass is 15.4. The lowest BCUT2D eigenvalue weighted by Gasteiger charge is -2.04. The maximum Gasteiger partial charge on any atom is 0.247 e. The Morgan fingerprint density at radius 2 is 1.81 bits per heavy atom. The van der Waals surface area contributed by atoms with Crippen LogP contribution in [0.15, 0.2) is 72.9 Å². The van der Waals surface area contributed by atoms with E-state index in [4.69, 9.17) is 0 Å². The van der Waals surface area contributed by atoms with E-state index >= 15 is 0 Å². The van der Waals surface area contributed by atoms with Gasteiger partial charge >= 0.3 is 0 Å². The molecule has 1 N–H and O–H groups in total. The van der Waals surface area contributed by atoms with Crippen LogP contribution in [0, 0.1) is 0 Å². The van der Waals surface area contributed by atoms with Gasteiger partial charge in [-0.3, -0.25) is 4.68 Å². The Balaban J connectivity index is 1.56. The van der Waals surface area contributed by atoms with Gasteiger partial charge in [0.2, 0.25) is 5.95 Å². The number of fused-ring (bicyclic) bond motifs is 2. The average Bonchev–Trinajstić information content (AvgIpc) is 3.25. The van der Waals surface area contributed by atoms with Crippen LogP contribution in [0.4, 0.5) is 11.6 Å². The Kier molecular flexibility index (Phi) is 3.21. The fourth-order valence-corrected chi connectivity index (χ4v) is 3.14. The first-order valence-corrected chi connectivity index (χ1v) is 8.38. The minimum atomic E-state index is 0.565. The number of hydrogen-bond acceptors (Lipinski definition) is 4. The summed E-state index contributed by atoms with van der Waals surface area (Å²) in [5.74, 6) is 0.565. The monoisotopic (exact) mass is 340 g/mol. The van der Waals surface area contributed by atoms with E-state index in [-0.39, 0.29) is 0 Å². The van der Waals surface area contributed by atoms with Gasteiger partial charge in [-0.25, -0.2) is 4.52 Å². The van der Waals surface area contributed by atoms with Gasteiger partial charge in [0.1, 0.15) is 0 Å². The highest BCUT2D eigenvalue weighted by molar-refractivity contribution is 5.83. The standard InChI is InChI=1S/C20H16N6/c1-25-18-12-16(11-10-15(18)13-21-25)22-20-23-19-9-5-8-17(26(19)24-20)14-6-3-2-4-7-14/h2-13H,1H3,(H,22,24). The zero-order valence-electron chi connectivity index (χ0n) is 14.2. The van der Waals surface area contributed by atoms with Crippen LogP contribution in [0.1, 0.15) is 0 Å². The van der Waals surface area contributed by atoms with Crippen molar-refractivity contribution < 1.29 is 0 Å². The molecule has 0 aliphatic heterocycles. The number of benzene rings is 2. The van der Waals surface area contributed by atoms with Gasteiger partial charge in [-0.05, 0) is 30.3 Å². The molecule has 0 atom stereocenters. The summed E-state index contributed by atoms with van der Waals surface area (Å²) in [5.41, 5.74) is 4.90. The normalized spacial score (nSPS) is 11.3. The molecule has 0 unspecified atom stereocenters. The summed E-state index contributed by atoms with van der Waals surface area (Å²) >= 11 is 0. The number of aromatic nitrogens is 5. The molecule has 0 bridgehead atoms. The van der Waals surface area contributed by atoms with Gasteiger partial charge in [-0.1, -0.05) is 36.4 Å². The first-order chi connectivity index (χ1) is 12.8. The molecule has 0 amide bonds. The smallest absolute Gasteiger partial charge is 0.247 e. The van der Waals surface area contributed by atoms with Crippen LogP contribution in [0.25, 0.3) is 27.8 Å². The van der Waals surface area contributed by atoms with Crippen LogP contribution in [0.2, 0.25) is 0 Å². The molecule has 5 rings (SSSR count). The molecule has 0 spiro atoms. The second-order valence-corrected chi connectivity index (χ2v) is 6.15. The lowest BCUT2D eigenvalue weighted by atomic mass is 10.1. The van der Waals surface area contributed by atoms with Crippen LogP contribution < -0.4 is 5.32 Å². The maximum atomic E-state index is 4.65. The molecule has 3 heterocycles. The lowest BCUT2D eigenvalue weighted by Crippen LogP contribution is -1.96. The van der Waals surface area contributed by atoms with Gasteiger partial charge in [0.15, 0.2) is 5.65 Å². The topological polar surface area (TPSA) is 60.0 Å². The lowest BCUT2D eigenvalue weighted by molar-refractivity contribution is 0.797. The second-order valence-electron chi connectivity index (χ2n) is 6.15. The summed E-state index contributed by atoms with van der Waals surface area (Å²) in [5, 5.41) is 13.3. The molecule has 6 nitrogen and oxygen atoms in total. The Labute approximate surface area is 149 Å². The van der Waals surface area contributed by atoms with E-state index in [0.29, 0.717) is 5.95 Å². The molecule has 5 aromatic rings. The molecular weight excluding hydrogens is 324 g/mol. The van der Waals surface area contributed by atoms with Crippen molar-refractivity contribution in [3.63, 3.8) is 0 Å². The minimum absolute atomic E-state index is 0.565. The van der Waals surface area contributed by atoms with Gasteiger partial charge in [-0.15, -0.1) is 5.10 Å². The molecular formula is C20H16N6. The fourth-order valence-electron chi connectivity index (χ4n) is 3.14. The number of nitrogens with one attached hydrogen (secondary N) is 1. The Morgan fingerprint density at radius 1 is 0.923 bits per heavy atom. The molecule has 0 saturated heterocycles. The number of anilines is 2. The molecule has 6 heteroatoms. The predicted octanol–water partition coefficient (Wildman–Crippen LogP) is 4.03. The molecule has 26 heavy (non-hydrogen) atoms. The van der Waals surface area contributed by atoms with Crippen molar-refractivity contribution in [1.82, 2.24) is 24.4 Å². The van der Waals surface area contributed by atoms with Crippen LogP contribution in [-0.4, -0.2) is 24.4 Å². The second kappa shape index (κ2) is 5.70. The first-order valence-electron chi connectivity index (χ1n) is 8.38. The van der Waals surface area contributed by atoms with Crippen LogP contribution in [0.5, 0.6) is 0 Å². The zero-order valence-corrected chi connectivity index (χ0v) is 14.2. The van der Waals surface area contributed by atoms with E-state index in [0.717, 1.165) is 33.5 Å². The van der Waals surface area contributed by atoms with Crippen molar-refractivity contribution in [2.45, 2.75) is 0 Å². The third kappa shape index (κ3) is 2.39. The molecule has 0 fully saturated rings. The fraction of sp³-hybridized carbons (Fsp3) is 0.0500. The SMILES string of the molecule is Cn1ncc2ccc(Nc3nc4cccc(-c5ccccc5)n4n3)cc21. The summed E-state index contributed by atoms with van der Waals surface area (Å²) in [6, 6.07) is 22.3.